The predicted octanol–water partition coefficient (Wildman–Crippen LogP) is 2.34. The van der Waals surface area contributed by atoms with Crippen LogP contribution in [0.4, 0.5) is 0 Å². The Morgan fingerprint density at radius 2 is 1.76 bits per heavy atom. The van der Waals surface area contributed by atoms with E-state index in [1.807, 2.05) is 0 Å². The van der Waals surface area contributed by atoms with Gasteiger partial charge in [-0.3, -0.25) is 9.59 Å². The lowest BCUT2D eigenvalue weighted by atomic mass is 9.98. The van der Waals surface area contributed by atoms with E-state index in [9.17, 15) is 9.59 Å². The van der Waals surface area contributed by atoms with Gasteiger partial charge in [0.15, 0.2) is 0 Å². The molecule has 21 heavy (non-hydrogen) atoms. The quantitative estimate of drug-likeness (QED) is 0.707. The Hall–Kier alpha value is -1.10. The molecule has 120 valence electrons. The molecular weight excluding hydrogens is 270 g/mol. The first-order chi connectivity index (χ1) is 10.2. The van der Waals surface area contributed by atoms with Crippen molar-refractivity contribution in [1.82, 2.24) is 5.32 Å². The zero-order chi connectivity index (χ0) is 15.1. The number of nitrogens with one attached hydrogen (secondary N) is 1. The van der Waals surface area contributed by atoms with Crippen molar-refractivity contribution < 1.29 is 19.4 Å². The summed E-state index contributed by atoms with van der Waals surface area (Å²) in [7, 11) is 0. The Kier molecular flexibility index (Phi) is 6.49. The van der Waals surface area contributed by atoms with E-state index >= 15 is 0 Å². The lowest BCUT2D eigenvalue weighted by Gasteiger charge is -2.22. The van der Waals surface area contributed by atoms with E-state index in [2.05, 4.69) is 5.32 Å². The fraction of sp³-hybridized carbons (Fsp3) is 0.875. The van der Waals surface area contributed by atoms with Gasteiger partial charge < -0.3 is 15.2 Å². The van der Waals surface area contributed by atoms with E-state index in [1.165, 1.54) is 32.1 Å². The molecule has 2 atom stereocenters. The van der Waals surface area contributed by atoms with Crippen LogP contribution in [0.25, 0.3) is 0 Å². The number of rotatable bonds is 7. The van der Waals surface area contributed by atoms with Crippen molar-refractivity contribution in [2.45, 2.75) is 63.9 Å². The van der Waals surface area contributed by atoms with Crippen molar-refractivity contribution in [3.05, 3.63) is 0 Å². The normalized spacial score (nSPS) is 26.7. The Bertz CT molecular complexity index is 352. The van der Waals surface area contributed by atoms with Crippen LogP contribution in [-0.4, -0.2) is 36.2 Å². The van der Waals surface area contributed by atoms with E-state index in [1.54, 1.807) is 0 Å². The van der Waals surface area contributed by atoms with Crippen LogP contribution in [0.5, 0.6) is 0 Å². The lowest BCUT2D eigenvalue weighted by molar-refractivity contribution is -0.141. The fourth-order valence-corrected chi connectivity index (χ4v) is 3.35. The van der Waals surface area contributed by atoms with Crippen molar-refractivity contribution in [1.29, 1.82) is 0 Å². The summed E-state index contributed by atoms with van der Waals surface area (Å²) >= 11 is 0. The second-order valence-electron chi connectivity index (χ2n) is 6.32. The van der Waals surface area contributed by atoms with E-state index in [0.717, 1.165) is 6.42 Å². The van der Waals surface area contributed by atoms with Gasteiger partial charge in [-0.15, -0.1) is 0 Å². The topological polar surface area (TPSA) is 75.6 Å². The molecule has 0 heterocycles. The highest BCUT2D eigenvalue weighted by atomic mass is 16.5. The molecular formula is C16H27NO4. The first-order valence-corrected chi connectivity index (χ1v) is 8.29. The van der Waals surface area contributed by atoms with Gasteiger partial charge in [0.25, 0.3) is 0 Å². The number of carbonyl (C=O) groups excluding carboxylic acids is 1. The second-order valence-corrected chi connectivity index (χ2v) is 6.32. The van der Waals surface area contributed by atoms with Gasteiger partial charge in [-0.05, 0) is 38.5 Å². The highest BCUT2D eigenvalue weighted by Crippen LogP contribution is 2.31. The van der Waals surface area contributed by atoms with Crippen LogP contribution < -0.4 is 5.32 Å². The number of carboxylic acid groups (broad SMARTS) is 1. The van der Waals surface area contributed by atoms with Crippen molar-refractivity contribution in [2.75, 3.05) is 13.2 Å². The fourth-order valence-electron chi connectivity index (χ4n) is 3.35. The molecule has 0 bridgehead atoms. The van der Waals surface area contributed by atoms with Crippen LogP contribution >= 0.6 is 0 Å². The Balaban J connectivity index is 1.52. The first-order valence-electron chi connectivity index (χ1n) is 8.29. The smallest absolute Gasteiger partial charge is 0.306 e. The summed E-state index contributed by atoms with van der Waals surface area (Å²) < 4.78 is 5.81. The van der Waals surface area contributed by atoms with Crippen molar-refractivity contribution >= 4 is 11.9 Å². The number of amides is 1. The minimum Gasteiger partial charge on any atom is -0.481 e. The molecule has 1 amide bonds. The molecule has 0 aromatic rings. The van der Waals surface area contributed by atoms with Gasteiger partial charge in [-0.25, -0.2) is 0 Å². The Labute approximate surface area is 126 Å². The molecule has 0 radical (unpaired) electrons. The molecule has 0 aromatic carbocycles. The number of carbonyl (C=O) groups is 2. The summed E-state index contributed by atoms with van der Waals surface area (Å²) in [6.07, 6.45) is 9.27. The minimum absolute atomic E-state index is 0.0106. The predicted molar refractivity (Wildman–Crippen MR) is 78.9 cm³/mol. The molecule has 5 heteroatoms. The lowest BCUT2D eigenvalue weighted by Crippen LogP contribution is -2.31. The number of hydrogen-bond acceptors (Lipinski definition) is 3. The van der Waals surface area contributed by atoms with Gasteiger partial charge in [0, 0.05) is 19.1 Å². The van der Waals surface area contributed by atoms with Gasteiger partial charge in [0.1, 0.15) is 0 Å². The zero-order valence-corrected chi connectivity index (χ0v) is 12.7. The number of aliphatic carboxylic acids is 1. The molecule has 0 aromatic heterocycles. The Morgan fingerprint density at radius 1 is 1.05 bits per heavy atom. The van der Waals surface area contributed by atoms with Gasteiger partial charge in [0.2, 0.25) is 5.91 Å². The average Bonchev–Trinajstić information content (AvgIpc) is 2.98. The van der Waals surface area contributed by atoms with Crippen LogP contribution in [0.1, 0.15) is 57.8 Å². The molecule has 2 fully saturated rings. The zero-order valence-electron chi connectivity index (χ0n) is 12.7. The van der Waals surface area contributed by atoms with Crippen LogP contribution in [0.2, 0.25) is 0 Å². The maximum absolute atomic E-state index is 11.9. The first kappa shape index (κ1) is 16.3. The van der Waals surface area contributed by atoms with Gasteiger partial charge >= 0.3 is 5.97 Å². The maximum atomic E-state index is 11.9. The summed E-state index contributed by atoms with van der Waals surface area (Å²) in [4.78, 5) is 22.8. The van der Waals surface area contributed by atoms with Crippen LogP contribution in [0.15, 0.2) is 0 Å². The van der Waals surface area contributed by atoms with Crippen molar-refractivity contribution in [3.63, 3.8) is 0 Å². The summed E-state index contributed by atoms with van der Waals surface area (Å²) in [5, 5.41) is 11.8. The second kappa shape index (κ2) is 8.37. The minimum atomic E-state index is -0.772. The molecule has 2 rings (SSSR count). The average molecular weight is 297 g/mol. The maximum Gasteiger partial charge on any atom is 0.306 e. The van der Waals surface area contributed by atoms with Crippen molar-refractivity contribution in [3.8, 4) is 0 Å². The molecule has 2 saturated carbocycles. The summed E-state index contributed by atoms with van der Waals surface area (Å²) in [6, 6.07) is 0. The van der Waals surface area contributed by atoms with Crippen LogP contribution in [0, 0.1) is 11.8 Å². The number of carboxylic acids is 1. The molecule has 0 saturated heterocycles. The largest absolute Gasteiger partial charge is 0.481 e. The summed E-state index contributed by atoms with van der Waals surface area (Å²) in [6.45, 7) is 1.33. The summed E-state index contributed by atoms with van der Waals surface area (Å²) in [5.41, 5.74) is 0. The molecule has 0 spiro atoms. The summed E-state index contributed by atoms with van der Waals surface area (Å²) in [5.74, 6) is -1.22. The molecule has 5 nitrogen and oxygen atoms in total. The number of ether oxygens (including phenoxy) is 1. The number of hydrogen-bond donors (Lipinski definition) is 2. The standard InChI is InChI=1S/C16H27NO4/c18-15(12-7-8-13(11-12)16(19)20)17-9-4-10-21-14-5-2-1-3-6-14/h12-14H,1-11H2,(H,17,18)(H,19,20). The molecule has 2 N–H and O–H groups in total. The highest BCUT2D eigenvalue weighted by molar-refractivity contribution is 5.80. The van der Waals surface area contributed by atoms with E-state index in [4.69, 9.17) is 9.84 Å². The van der Waals surface area contributed by atoms with Crippen molar-refractivity contribution in [2.24, 2.45) is 11.8 Å². The third kappa shape index (κ3) is 5.30. The van der Waals surface area contributed by atoms with E-state index in [0.29, 0.717) is 38.5 Å². The molecule has 2 aliphatic carbocycles. The van der Waals surface area contributed by atoms with E-state index < -0.39 is 5.97 Å². The van der Waals surface area contributed by atoms with Gasteiger partial charge in [0.05, 0.1) is 12.0 Å². The highest BCUT2D eigenvalue weighted by Gasteiger charge is 2.33. The molecule has 2 unspecified atom stereocenters. The third-order valence-corrected chi connectivity index (χ3v) is 4.68. The van der Waals surface area contributed by atoms with Gasteiger partial charge in [-0.1, -0.05) is 19.3 Å². The third-order valence-electron chi connectivity index (χ3n) is 4.68. The van der Waals surface area contributed by atoms with Crippen LogP contribution in [-0.2, 0) is 14.3 Å². The van der Waals surface area contributed by atoms with Crippen LogP contribution in [0.3, 0.4) is 0 Å². The SMILES string of the molecule is O=C(O)C1CCC(C(=O)NCCCOC2CCCCC2)C1. The van der Waals surface area contributed by atoms with E-state index in [-0.39, 0.29) is 17.7 Å². The monoisotopic (exact) mass is 297 g/mol. The molecule has 2 aliphatic rings. The molecule has 0 aliphatic heterocycles. The Morgan fingerprint density at radius 3 is 2.43 bits per heavy atom. The van der Waals surface area contributed by atoms with Gasteiger partial charge in [-0.2, -0.15) is 0 Å².